The predicted octanol–water partition coefficient (Wildman–Crippen LogP) is 2.80. The third kappa shape index (κ3) is 5.76. The summed E-state index contributed by atoms with van der Waals surface area (Å²) in [7, 11) is 0. The zero-order valence-electron chi connectivity index (χ0n) is 15.9. The van der Waals surface area contributed by atoms with Gasteiger partial charge in [0, 0.05) is 6.42 Å². The van der Waals surface area contributed by atoms with E-state index in [1.807, 2.05) is 0 Å². The molecule has 0 aromatic heterocycles. The van der Waals surface area contributed by atoms with E-state index in [9.17, 15) is 71.7 Å². The van der Waals surface area contributed by atoms with Crippen molar-refractivity contribution in [3.05, 3.63) is 0 Å². The second kappa shape index (κ2) is 10.7. The minimum absolute atomic E-state index is 0.415. The van der Waals surface area contributed by atoms with Crippen LogP contribution in [0, 0.1) is 0 Å². The van der Waals surface area contributed by atoms with Gasteiger partial charge in [-0.25, -0.2) is 0 Å². The average Bonchev–Trinajstić information content (AvgIpc) is 2.68. The summed E-state index contributed by atoms with van der Waals surface area (Å²) in [5.74, 6) is -37.2. The number of halogens is 14. The van der Waals surface area contributed by atoms with Crippen molar-refractivity contribution < 1.29 is 86.6 Å². The van der Waals surface area contributed by atoms with Gasteiger partial charge in [0.15, 0.2) is 0 Å². The summed E-state index contributed by atoms with van der Waals surface area (Å²) in [4.78, 5) is 0. The zero-order chi connectivity index (χ0) is 27.7. The molecule has 1 aliphatic heterocycles. The van der Waals surface area contributed by atoms with E-state index in [4.69, 9.17) is 14.9 Å². The molecule has 0 aliphatic carbocycles. The van der Waals surface area contributed by atoms with Crippen molar-refractivity contribution in [2.45, 2.75) is 72.1 Å². The largest absolute Gasteiger partial charge is 0.460 e. The molecule has 34 heavy (non-hydrogen) atoms. The molecule has 0 unspecified atom stereocenters. The topological polar surface area (TPSA) is 90.2 Å². The first-order valence-electron chi connectivity index (χ1n) is 8.39. The van der Waals surface area contributed by atoms with Crippen molar-refractivity contribution in [1.29, 1.82) is 0 Å². The lowest BCUT2D eigenvalue weighted by Gasteiger charge is -2.39. The normalized spacial score (nSPS) is 27.8. The number of hydrogen-bond donors (Lipinski definition) is 5. The second-order valence-electron chi connectivity index (χ2n) is 6.66. The molecular weight excluding hydrogens is 546 g/mol. The van der Waals surface area contributed by atoms with Crippen LogP contribution in [0.1, 0.15) is 6.42 Å². The highest BCUT2D eigenvalue weighted by atomic mass is 32.1. The first kappa shape index (κ1) is 33.2. The van der Waals surface area contributed by atoms with Crippen LogP contribution in [0.2, 0.25) is 0 Å². The van der Waals surface area contributed by atoms with Gasteiger partial charge in [0.05, 0.1) is 13.3 Å². The maximum Gasteiger partial charge on any atom is 0.460 e. The molecule has 1 aliphatic rings. The molecule has 1 rings (SSSR count). The maximum atomic E-state index is 12.7. The van der Waals surface area contributed by atoms with Gasteiger partial charge in [-0.05, 0) is 0 Å². The third-order valence-electron chi connectivity index (χ3n) is 4.27. The molecule has 5 nitrogen and oxygen atoms in total. The summed E-state index contributed by atoms with van der Waals surface area (Å²) in [6.45, 7) is -2.87. The van der Waals surface area contributed by atoms with E-state index in [0.29, 0.717) is 0 Å². The molecular formula is C14H16F14O5S. The fourth-order valence-electron chi connectivity index (χ4n) is 2.16. The number of ether oxygens (including phenoxy) is 1. The molecule has 20 heteroatoms. The van der Waals surface area contributed by atoms with Gasteiger partial charge in [-0.1, -0.05) is 0 Å². The molecule has 0 amide bonds. The van der Waals surface area contributed by atoms with E-state index in [0.717, 1.165) is 0 Å². The molecule has 4 N–H and O–H groups in total. The predicted molar refractivity (Wildman–Crippen MR) is 84.1 cm³/mol. The van der Waals surface area contributed by atoms with Gasteiger partial charge in [-0.15, -0.1) is 12.6 Å². The van der Waals surface area contributed by atoms with Crippen LogP contribution in [0.25, 0.3) is 0 Å². The minimum atomic E-state index is -7.93. The van der Waals surface area contributed by atoms with E-state index in [1.54, 1.807) is 0 Å². The third-order valence-corrected chi connectivity index (χ3v) is 4.70. The van der Waals surface area contributed by atoms with E-state index in [2.05, 4.69) is 12.6 Å². The van der Waals surface area contributed by atoms with Gasteiger partial charge < -0.3 is 25.2 Å². The lowest BCUT2D eigenvalue weighted by Crippen LogP contribution is -2.70. The van der Waals surface area contributed by atoms with Gasteiger partial charge in [0.1, 0.15) is 29.9 Å². The fraction of sp³-hybridized carbons (Fsp3) is 1.00. The van der Waals surface area contributed by atoms with Crippen molar-refractivity contribution in [3.8, 4) is 0 Å². The maximum absolute atomic E-state index is 12.7. The van der Waals surface area contributed by atoms with Crippen molar-refractivity contribution in [1.82, 2.24) is 0 Å². The second-order valence-corrected chi connectivity index (χ2v) is 7.17. The first-order valence-corrected chi connectivity index (χ1v) is 8.91. The highest BCUT2D eigenvalue weighted by Crippen LogP contribution is 2.60. The zero-order valence-corrected chi connectivity index (χ0v) is 16.8. The Bertz CT molecular complexity index is 656. The molecule has 0 saturated carbocycles. The Morgan fingerprint density at radius 3 is 1.41 bits per heavy atom. The van der Waals surface area contributed by atoms with Gasteiger partial charge in [0.2, 0.25) is 0 Å². The Morgan fingerprint density at radius 2 is 1.06 bits per heavy atom. The molecule has 0 aromatic rings. The number of alkyl halides is 14. The molecule has 0 radical (unpaired) electrons. The minimum Gasteiger partial charge on any atom is -0.394 e. The average molecular weight is 562 g/mol. The summed E-state index contributed by atoms with van der Waals surface area (Å²) < 4.78 is 177. The van der Waals surface area contributed by atoms with Gasteiger partial charge in [-0.3, -0.25) is 4.39 Å². The smallest absolute Gasteiger partial charge is 0.394 e. The van der Waals surface area contributed by atoms with Crippen molar-refractivity contribution in [2.75, 3.05) is 13.3 Å². The molecule has 0 bridgehead atoms. The van der Waals surface area contributed by atoms with Crippen LogP contribution in [0.4, 0.5) is 61.5 Å². The van der Waals surface area contributed by atoms with Crippen LogP contribution in [-0.4, -0.2) is 99.3 Å². The van der Waals surface area contributed by atoms with E-state index in [-0.39, 0.29) is 0 Å². The van der Waals surface area contributed by atoms with Crippen LogP contribution in [0.5, 0.6) is 0 Å². The Balaban J connectivity index is 0.000000757. The molecule has 206 valence electrons. The number of aliphatic hydroxyl groups is 4. The Hall–Kier alpha value is -0.830. The van der Waals surface area contributed by atoms with Gasteiger partial charge in [-0.2, -0.15) is 57.1 Å². The quantitative estimate of drug-likeness (QED) is 0.244. The standard InChI is InChI=1S/C8H4F14.C6H12O5S/c9-2-1-3(10,11)4(12,13)5(14,15)6(16,17)7(18,19)8(20,21)22;7-1-2-3(8)4(9)5(10)6(12)11-2/h1-2H2;2-10,12H,1H2/t;2-,3-,4+,5-,6+/m.1/s1. The number of hydrogen-bond acceptors (Lipinski definition) is 6. The van der Waals surface area contributed by atoms with E-state index < -0.39 is 85.3 Å². The Labute approximate surface area is 185 Å². The number of rotatable bonds is 7. The van der Waals surface area contributed by atoms with Crippen molar-refractivity contribution in [2.24, 2.45) is 0 Å². The van der Waals surface area contributed by atoms with Gasteiger partial charge in [0.25, 0.3) is 0 Å². The van der Waals surface area contributed by atoms with Crippen LogP contribution in [0.15, 0.2) is 0 Å². The first-order chi connectivity index (χ1) is 14.9. The molecule has 0 aromatic carbocycles. The van der Waals surface area contributed by atoms with E-state index >= 15 is 0 Å². The monoisotopic (exact) mass is 562 g/mol. The SMILES string of the molecule is FCCC(F)(F)C(F)(F)C(F)(F)C(F)(F)C(F)(F)C(F)(F)F.OC[C@H]1O[C@@H](S)[C@H](O)[C@@H](O)[C@@H]1O. The van der Waals surface area contributed by atoms with Crippen LogP contribution < -0.4 is 0 Å². The van der Waals surface area contributed by atoms with Crippen LogP contribution in [0.3, 0.4) is 0 Å². The van der Waals surface area contributed by atoms with Gasteiger partial charge >= 0.3 is 35.8 Å². The Kier molecular flexibility index (Phi) is 10.4. The molecule has 1 fully saturated rings. The summed E-state index contributed by atoms with van der Waals surface area (Å²) >= 11 is 3.81. The van der Waals surface area contributed by atoms with Crippen molar-refractivity contribution >= 4 is 12.6 Å². The lowest BCUT2D eigenvalue weighted by molar-refractivity contribution is -0.440. The number of aliphatic hydroxyl groups excluding tert-OH is 4. The summed E-state index contributed by atoms with van der Waals surface area (Å²) in [5.41, 5.74) is -0.874. The molecule has 1 saturated heterocycles. The summed E-state index contributed by atoms with van der Waals surface area (Å²) in [5, 5.41) is 36.2. The lowest BCUT2D eigenvalue weighted by atomic mass is 9.93. The molecule has 0 spiro atoms. The summed E-state index contributed by atoms with van der Waals surface area (Å²) in [6, 6.07) is 0. The fourth-order valence-corrected chi connectivity index (χ4v) is 2.49. The summed E-state index contributed by atoms with van der Waals surface area (Å²) in [6.07, 6.45) is -14.9. The number of thiol groups is 1. The van der Waals surface area contributed by atoms with Crippen LogP contribution >= 0.6 is 12.6 Å². The van der Waals surface area contributed by atoms with Crippen molar-refractivity contribution in [3.63, 3.8) is 0 Å². The Morgan fingerprint density at radius 1 is 0.647 bits per heavy atom. The highest BCUT2D eigenvalue weighted by Gasteiger charge is 2.90. The highest BCUT2D eigenvalue weighted by molar-refractivity contribution is 7.80. The van der Waals surface area contributed by atoms with E-state index in [1.165, 1.54) is 0 Å². The molecule has 5 atom stereocenters. The van der Waals surface area contributed by atoms with Crippen LogP contribution in [-0.2, 0) is 4.74 Å². The molecule has 1 heterocycles.